The molecule has 1 atom stereocenters. The number of halogens is 1. The highest BCUT2D eigenvalue weighted by molar-refractivity contribution is 5.77. The fraction of sp³-hybridized carbons (Fsp3) is 0.364. The molecule has 0 bridgehead atoms. The first-order chi connectivity index (χ1) is 7.51. The second kappa shape index (κ2) is 4.94. The maximum Gasteiger partial charge on any atom is 0.312 e. The van der Waals surface area contributed by atoms with Gasteiger partial charge >= 0.3 is 5.97 Å². The normalized spacial score (nSPS) is 12.2. The molecule has 0 heterocycles. The summed E-state index contributed by atoms with van der Waals surface area (Å²) < 4.78 is 18.4. The number of methoxy groups -OCH3 is 1. The van der Waals surface area contributed by atoms with E-state index in [1.54, 1.807) is 13.0 Å². The third-order valence-electron chi connectivity index (χ3n) is 2.33. The van der Waals surface area contributed by atoms with Crippen molar-refractivity contribution in [3.63, 3.8) is 0 Å². The van der Waals surface area contributed by atoms with Crippen LogP contribution in [-0.4, -0.2) is 24.7 Å². The lowest BCUT2D eigenvalue weighted by atomic mass is 9.96. The highest BCUT2D eigenvalue weighted by atomic mass is 19.1. The molecule has 16 heavy (non-hydrogen) atoms. The summed E-state index contributed by atoms with van der Waals surface area (Å²) in [6.45, 7) is 1.58. The number of nitrogens with two attached hydrogens (primary N) is 1. The van der Waals surface area contributed by atoms with E-state index in [-0.39, 0.29) is 17.9 Å². The topological polar surface area (TPSA) is 72.5 Å². The van der Waals surface area contributed by atoms with Crippen LogP contribution < -0.4 is 10.5 Å². The zero-order chi connectivity index (χ0) is 12.3. The fourth-order valence-corrected chi connectivity index (χ4v) is 1.59. The van der Waals surface area contributed by atoms with E-state index in [1.165, 1.54) is 13.2 Å². The molecule has 0 amide bonds. The summed E-state index contributed by atoms with van der Waals surface area (Å²) in [6.07, 6.45) is 0. The van der Waals surface area contributed by atoms with Gasteiger partial charge in [0.15, 0.2) is 11.6 Å². The summed E-state index contributed by atoms with van der Waals surface area (Å²) in [5, 5.41) is 8.97. The number of benzene rings is 1. The third-order valence-corrected chi connectivity index (χ3v) is 2.33. The molecule has 3 N–H and O–H groups in total. The summed E-state index contributed by atoms with van der Waals surface area (Å²) in [5.74, 6) is -2.67. The Hall–Kier alpha value is -1.62. The average molecular weight is 227 g/mol. The van der Waals surface area contributed by atoms with Crippen LogP contribution in [0.1, 0.15) is 17.0 Å². The van der Waals surface area contributed by atoms with Gasteiger partial charge in [0.05, 0.1) is 13.0 Å². The van der Waals surface area contributed by atoms with Crippen LogP contribution in [-0.2, 0) is 4.79 Å². The van der Waals surface area contributed by atoms with E-state index in [4.69, 9.17) is 15.6 Å². The molecule has 1 aromatic carbocycles. The summed E-state index contributed by atoms with van der Waals surface area (Å²) in [7, 11) is 1.30. The zero-order valence-corrected chi connectivity index (χ0v) is 9.16. The molecule has 0 aromatic heterocycles. The van der Waals surface area contributed by atoms with Gasteiger partial charge < -0.3 is 15.6 Å². The summed E-state index contributed by atoms with van der Waals surface area (Å²) >= 11 is 0. The van der Waals surface area contributed by atoms with Gasteiger partial charge in [0, 0.05) is 12.1 Å². The van der Waals surface area contributed by atoms with E-state index >= 15 is 0 Å². The van der Waals surface area contributed by atoms with Crippen molar-refractivity contribution in [2.45, 2.75) is 12.8 Å². The number of carboxylic acid groups (broad SMARTS) is 1. The molecule has 0 aliphatic heterocycles. The Morgan fingerprint density at radius 2 is 2.25 bits per heavy atom. The number of carboxylic acids is 1. The van der Waals surface area contributed by atoms with Gasteiger partial charge in [-0.05, 0) is 18.6 Å². The first-order valence-electron chi connectivity index (χ1n) is 4.78. The molecule has 0 aliphatic rings. The molecular weight excluding hydrogens is 213 g/mol. The van der Waals surface area contributed by atoms with Crippen molar-refractivity contribution < 1.29 is 19.0 Å². The molecule has 0 radical (unpaired) electrons. The van der Waals surface area contributed by atoms with Gasteiger partial charge in [0.1, 0.15) is 0 Å². The first kappa shape index (κ1) is 12.4. The molecule has 0 saturated carbocycles. The molecule has 0 spiro atoms. The zero-order valence-electron chi connectivity index (χ0n) is 9.16. The van der Waals surface area contributed by atoms with Gasteiger partial charge in [0.2, 0.25) is 0 Å². The molecular formula is C11H14FNO3. The Morgan fingerprint density at radius 1 is 1.62 bits per heavy atom. The van der Waals surface area contributed by atoms with Crippen LogP contribution in [0.3, 0.4) is 0 Å². The van der Waals surface area contributed by atoms with Crippen molar-refractivity contribution in [2.75, 3.05) is 13.7 Å². The Bertz CT molecular complexity index is 406. The Morgan fingerprint density at radius 3 is 2.69 bits per heavy atom. The molecule has 0 aliphatic carbocycles. The van der Waals surface area contributed by atoms with Crippen LogP contribution >= 0.6 is 0 Å². The molecule has 5 heteroatoms. The van der Waals surface area contributed by atoms with E-state index in [1.807, 2.05) is 0 Å². The molecule has 1 unspecified atom stereocenters. The SMILES string of the molecule is COc1c(F)cc(C)cc1C(CN)C(=O)O. The van der Waals surface area contributed by atoms with Crippen molar-refractivity contribution in [3.05, 3.63) is 29.1 Å². The van der Waals surface area contributed by atoms with Crippen LogP contribution in [0.15, 0.2) is 12.1 Å². The van der Waals surface area contributed by atoms with Crippen LogP contribution in [0.5, 0.6) is 5.75 Å². The van der Waals surface area contributed by atoms with Crippen molar-refractivity contribution in [1.29, 1.82) is 0 Å². The second-order valence-electron chi connectivity index (χ2n) is 3.50. The van der Waals surface area contributed by atoms with Gasteiger partial charge in [0.25, 0.3) is 0 Å². The van der Waals surface area contributed by atoms with Gasteiger partial charge in [-0.25, -0.2) is 4.39 Å². The van der Waals surface area contributed by atoms with E-state index in [0.717, 1.165) is 0 Å². The van der Waals surface area contributed by atoms with E-state index in [9.17, 15) is 9.18 Å². The predicted molar refractivity (Wildman–Crippen MR) is 57.1 cm³/mol. The van der Waals surface area contributed by atoms with Crippen LogP contribution in [0.2, 0.25) is 0 Å². The van der Waals surface area contributed by atoms with E-state index in [2.05, 4.69) is 0 Å². The lowest BCUT2D eigenvalue weighted by molar-refractivity contribution is -0.138. The molecule has 88 valence electrons. The minimum Gasteiger partial charge on any atom is -0.493 e. The van der Waals surface area contributed by atoms with E-state index in [0.29, 0.717) is 5.56 Å². The third kappa shape index (κ3) is 2.30. The van der Waals surface area contributed by atoms with Crippen LogP contribution in [0.25, 0.3) is 0 Å². The van der Waals surface area contributed by atoms with Gasteiger partial charge in [-0.2, -0.15) is 0 Å². The number of hydrogen-bond acceptors (Lipinski definition) is 3. The average Bonchev–Trinajstić information content (AvgIpc) is 2.17. The molecule has 4 nitrogen and oxygen atoms in total. The lowest BCUT2D eigenvalue weighted by Crippen LogP contribution is -2.22. The largest absolute Gasteiger partial charge is 0.493 e. The van der Waals surface area contributed by atoms with Gasteiger partial charge in [-0.3, -0.25) is 4.79 Å². The molecule has 1 aromatic rings. The summed E-state index contributed by atoms with van der Waals surface area (Å²) in [4.78, 5) is 11.0. The van der Waals surface area contributed by atoms with Gasteiger partial charge in [-0.1, -0.05) is 6.07 Å². The van der Waals surface area contributed by atoms with Crippen molar-refractivity contribution in [1.82, 2.24) is 0 Å². The minimum atomic E-state index is -1.09. The smallest absolute Gasteiger partial charge is 0.312 e. The second-order valence-corrected chi connectivity index (χ2v) is 3.50. The van der Waals surface area contributed by atoms with Crippen molar-refractivity contribution in [3.8, 4) is 5.75 Å². The molecule has 0 fully saturated rings. The maximum atomic E-state index is 13.5. The number of carbonyl (C=O) groups is 1. The summed E-state index contributed by atoms with van der Waals surface area (Å²) in [5.41, 5.74) is 6.28. The number of aliphatic carboxylic acids is 1. The number of rotatable bonds is 4. The van der Waals surface area contributed by atoms with E-state index < -0.39 is 17.7 Å². The Balaban J connectivity index is 3.34. The standard InChI is InChI=1S/C11H14FNO3/c1-6-3-7(8(5-13)11(14)15)10(16-2)9(12)4-6/h3-4,8H,5,13H2,1-2H3,(H,14,15). The number of aryl methyl sites for hydroxylation is 1. The predicted octanol–water partition coefficient (Wildman–Crippen LogP) is 1.27. The van der Waals surface area contributed by atoms with Crippen LogP contribution in [0, 0.1) is 12.7 Å². The highest BCUT2D eigenvalue weighted by Gasteiger charge is 2.24. The molecule has 1 rings (SSSR count). The first-order valence-corrected chi connectivity index (χ1v) is 4.78. The van der Waals surface area contributed by atoms with Gasteiger partial charge in [-0.15, -0.1) is 0 Å². The maximum absolute atomic E-state index is 13.5. The van der Waals surface area contributed by atoms with Crippen LogP contribution in [0.4, 0.5) is 4.39 Å². The Kier molecular flexibility index (Phi) is 3.84. The minimum absolute atomic E-state index is 0.0524. The Labute approximate surface area is 92.8 Å². The molecule has 0 saturated heterocycles. The van der Waals surface area contributed by atoms with Crippen molar-refractivity contribution >= 4 is 5.97 Å². The lowest BCUT2D eigenvalue weighted by Gasteiger charge is -2.15. The van der Waals surface area contributed by atoms with Crippen molar-refractivity contribution in [2.24, 2.45) is 5.73 Å². The summed E-state index contributed by atoms with van der Waals surface area (Å²) in [6, 6.07) is 2.87. The number of ether oxygens (including phenoxy) is 1. The monoisotopic (exact) mass is 227 g/mol. The number of hydrogen-bond donors (Lipinski definition) is 2. The fourth-order valence-electron chi connectivity index (χ4n) is 1.59. The highest BCUT2D eigenvalue weighted by Crippen LogP contribution is 2.30. The quantitative estimate of drug-likeness (QED) is 0.812.